The van der Waals surface area contributed by atoms with E-state index in [2.05, 4.69) is 37.2 Å². The maximum Gasteiger partial charge on any atom is 0.246 e. The molecule has 0 fully saturated rings. The van der Waals surface area contributed by atoms with Gasteiger partial charge in [-0.2, -0.15) is 0 Å². The number of amides is 1. The molecule has 0 aliphatic heterocycles. The Bertz CT molecular complexity index is 370. The van der Waals surface area contributed by atoms with Gasteiger partial charge in [0.25, 0.3) is 0 Å². The van der Waals surface area contributed by atoms with Crippen molar-refractivity contribution in [2.75, 3.05) is 41.3 Å². The van der Waals surface area contributed by atoms with Crippen LogP contribution in [0.3, 0.4) is 0 Å². The summed E-state index contributed by atoms with van der Waals surface area (Å²) in [5.74, 6) is -0.0524. The third-order valence-corrected chi connectivity index (χ3v) is 2.07. The Morgan fingerprint density at radius 3 is 2.00 bits per heavy atom. The fourth-order valence-electron chi connectivity index (χ4n) is 0.656. The maximum atomic E-state index is 11.0. The molecule has 7 nitrogen and oxygen atoms in total. The molecule has 0 heterocycles. The van der Waals surface area contributed by atoms with E-state index in [1.807, 2.05) is 0 Å². The molecule has 18 heavy (non-hydrogen) atoms. The number of rotatable bonds is 5. The molecule has 0 aromatic heterocycles. The molecule has 0 aromatic carbocycles. The molecule has 0 saturated heterocycles. The van der Waals surface area contributed by atoms with Crippen LogP contribution in [0.15, 0.2) is 12.2 Å². The highest BCUT2D eigenvalue weighted by atomic mass is 32.3. The Morgan fingerprint density at radius 2 is 1.78 bits per heavy atom. The van der Waals surface area contributed by atoms with Crippen LogP contribution < -0.4 is 5.32 Å². The summed E-state index contributed by atoms with van der Waals surface area (Å²) in [5.41, 5.74) is 0.566. The molecule has 0 rings (SSSR count). The molecule has 0 radical (unpaired) electrons. The van der Waals surface area contributed by atoms with E-state index in [1.54, 1.807) is 6.92 Å². The van der Waals surface area contributed by atoms with E-state index >= 15 is 0 Å². The van der Waals surface area contributed by atoms with E-state index in [0.29, 0.717) is 12.1 Å². The van der Waals surface area contributed by atoms with Gasteiger partial charge in [0, 0.05) is 5.57 Å². The number of carbonyl (C=O) groups is 1. The second-order valence-corrected chi connectivity index (χ2v) is 5.77. The molecule has 0 atom stereocenters. The van der Waals surface area contributed by atoms with Crippen molar-refractivity contribution in [3.63, 3.8) is 0 Å². The van der Waals surface area contributed by atoms with Crippen molar-refractivity contribution in [2.45, 2.75) is 6.92 Å². The molecule has 0 spiro atoms. The highest BCUT2D eigenvalue weighted by Gasteiger charge is 2.07. The average Bonchev–Trinajstić information content (AvgIpc) is 2.15. The second-order valence-electron chi connectivity index (χ2n) is 4.63. The Morgan fingerprint density at radius 1 is 1.39 bits per heavy atom. The van der Waals surface area contributed by atoms with E-state index in [-0.39, 0.29) is 5.91 Å². The first kappa shape index (κ1) is 19.4. The maximum absolute atomic E-state index is 11.0. The third kappa shape index (κ3) is 17.4. The lowest BCUT2D eigenvalue weighted by Gasteiger charge is -2.23. The van der Waals surface area contributed by atoms with Gasteiger partial charge >= 0.3 is 0 Å². The van der Waals surface area contributed by atoms with Gasteiger partial charge in [0.2, 0.25) is 16.3 Å². The van der Waals surface area contributed by atoms with Crippen molar-refractivity contribution in [1.82, 2.24) is 5.32 Å². The van der Waals surface area contributed by atoms with E-state index in [9.17, 15) is 17.8 Å². The number of hydrogen-bond donors (Lipinski definition) is 1. The smallest absolute Gasteiger partial charge is 0.246 e. The minimum atomic E-state index is -4.41. The van der Waals surface area contributed by atoms with Gasteiger partial charge in [-0.25, -0.2) is 8.42 Å². The predicted octanol–water partition coefficient (Wildman–Crippen LogP) is -0.522. The fraction of sp³-hybridized carbons (Fsp3) is 0.700. The predicted molar refractivity (Wildman–Crippen MR) is 67.4 cm³/mol. The van der Waals surface area contributed by atoms with Crippen LogP contribution in [-0.4, -0.2) is 64.7 Å². The molecule has 0 saturated carbocycles. The summed E-state index contributed by atoms with van der Waals surface area (Å²) in [6.07, 6.45) is 0. The molecule has 0 aromatic rings. The Kier molecular flexibility index (Phi) is 8.83. The van der Waals surface area contributed by atoms with E-state index in [1.165, 1.54) is 0 Å². The first-order valence-corrected chi connectivity index (χ1v) is 6.48. The minimum Gasteiger partial charge on any atom is -0.726 e. The van der Waals surface area contributed by atoms with Crippen LogP contribution in [0.25, 0.3) is 0 Å². The van der Waals surface area contributed by atoms with Crippen LogP contribution in [0.4, 0.5) is 0 Å². The standard InChI is InChI=1S/C9H18N2O.CH4O4S/c1-8(2)9(12)10-6-7-11(3,4)5;1-5-6(2,3)4/h1,6-7H2,2-5H3;1H3,(H,2,3,4). The fourth-order valence-corrected chi connectivity index (χ4v) is 0.656. The Balaban J connectivity index is 0. The summed E-state index contributed by atoms with van der Waals surface area (Å²) < 4.78 is 31.9. The number of quaternary nitrogens is 1. The molecule has 1 amide bonds. The van der Waals surface area contributed by atoms with Crippen LogP contribution in [-0.2, 0) is 19.4 Å². The van der Waals surface area contributed by atoms with Crippen molar-refractivity contribution in [1.29, 1.82) is 0 Å². The van der Waals surface area contributed by atoms with Crippen molar-refractivity contribution >= 4 is 16.3 Å². The van der Waals surface area contributed by atoms with Crippen LogP contribution in [0.5, 0.6) is 0 Å². The lowest BCUT2D eigenvalue weighted by atomic mass is 10.3. The normalized spacial score (nSPS) is 11.2. The zero-order valence-electron chi connectivity index (χ0n) is 11.5. The van der Waals surface area contributed by atoms with Crippen molar-refractivity contribution in [3.05, 3.63) is 12.2 Å². The van der Waals surface area contributed by atoms with Crippen LogP contribution in [0.2, 0.25) is 0 Å². The highest BCUT2D eigenvalue weighted by molar-refractivity contribution is 7.80. The number of likely N-dealkylation sites (N-methyl/N-ethyl adjacent to an activating group) is 1. The van der Waals surface area contributed by atoms with E-state index < -0.39 is 10.4 Å². The van der Waals surface area contributed by atoms with Gasteiger partial charge in [0.1, 0.15) is 0 Å². The molecule has 0 unspecified atom stereocenters. The first-order valence-electron chi connectivity index (χ1n) is 5.14. The van der Waals surface area contributed by atoms with Gasteiger partial charge in [-0.3, -0.25) is 8.98 Å². The SMILES string of the molecule is C=C(C)C(=O)NCC[N+](C)(C)C.COS(=O)(=O)[O-]. The van der Waals surface area contributed by atoms with Crippen molar-refractivity contribution < 1.29 is 26.4 Å². The lowest BCUT2D eigenvalue weighted by molar-refractivity contribution is -0.869. The van der Waals surface area contributed by atoms with Crippen LogP contribution >= 0.6 is 0 Å². The van der Waals surface area contributed by atoms with Crippen molar-refractivity contribution in [2.24, 2.45) is 0 Å². The molecule has 108 valence electrons. The third-order valence-electron chi connectivity index (χ3n) is 1.66. The average molecular weight is 282 g/mol. The van der Waals surface area contributed by atoms with Crippen LogP contribution in [0, 0.1) is 0 Å². The summed E-state index contributed by atoms with van der Waals surface area (Å²) in [4.78, 5) is 11.0. The van der Waals surface area contributed by atoms with Gasteiger partial charge in [0.15, 0.2) is 0 Å². The second kappa shape index (κ2) is 8.20. The van der Waals surface area contributed by atoms with E-state index in [4.69, 9.17) is 0 Å². The number of hydrogen-bond acceptors (Lipinski definition) is 5. The molecule has 8 heteroatoms. The number of carbonyl (C=O) groups excluding carboxylic acids is 1. The molecule has 0 aliphatic carbocycles. The lowest BCUT2D eigenvalue weighted by Crippen LogP contribution is -2.41. The summed E-state index contributed by atoms with van der Waals surface area (Å²) in [6.45, 7) is 6.90. The zero-order chi connectivity index (χ0) is 15.0. The first-order chi connectivity index (χ1) is 7.89. The molecule has 1 N–H and O–H groups in total. The topological polar surface area (TPSA) is 95.5 Å². The molecule has 0 bridgehead atoms. The van der Waals surface area contributed by atoms with Gasteiger partial charge < -0.3 is 14.4 Å². The van der Waals surface area contributed by atoms with Gasteiger partial charge in [-0.15, -0.1) is 0 Å². The quantitative estimate of drug-likeness (QED) is 0.317. The monoisotopic (exact) mass is 282 g/mol. The van der Waals surface area contributed by atoms with Crippen LogP contribution in [0.1, 0.15) is 6.92 Å². The van der Waals surface area contributed by atoms with Gasteiger partial charge in [0.05, 0.1) is 41.3 Å². The van der Waals surface area contributed by atoms with E-state index in [0.717, 1.165) is 18.1 Å². The number of nitrogens with one attached hydrogen (secondary N) is 1. The molecule has 0 aliphatic rings. The van der Waals surface area contributed by atoms with Gasteiger partial charge in [-0.1, -0.05) is 6.58 Å². The molecular weight excluding hydrogens is 260 g/mol. The zero-order valence-corrected chi connectivity index (χ0v) is 12.3. The largest absolute Gasteiger partial charge is 0.726 e. The highest BCUT2D eigenvalue weighted by Crippen LogP contribution is 1.88. The minimum absolute atomic E-state index is 0.0524. The Labute approximate surface area is 109 Å². The summed E-state index contributed by atoms with van der Waals surface area (Å²) in [7, 11) is 2.67. The summed E-state index contributed by atoms with van der Waals surface area (Å²) in [6, 6.07) is 0. The van der Waals surface area contributed by atoms with Crippen molar-refractivity contribution in [3.8, 4) is 0 Å². The summed E-state index contributed by atoms with van der Waals surface area (Å²) >= 11 is 0. The summed E-state index contributed by atoms with van der Waals surface area (Å²) in [5, 5.41) is 2.78. The van der Waals surface area contributed by atoms with Gasteiger partial charge in [-0.05, 0) is 6.92 Å². The number of nitrogens with zero attached hydrogens (tertiary/aromatic N) is 1. The Hall–Kier alpha value is -0.960. The molecular formula is C10H22N2O5S.